The van der Waals surface area contributed by atoms with Crippen LogP contribution in [0, 0.1) is 0 Å². The molecule has 0 aromatic heterocycles. The van der Waals surface area contributed by atoms with Gasteiger partial charge in [0.2, 0.25) is 11.6 Å². The summed E-state index contributed by atoms with van der Waals surface area (Å²) in [5, 5.41) is 18.2. The molecular formula is C14H30O6. The maximum absolute atomic E-state index is 9.11. The summed E-state index contributed by atoms with van der Waals surface area (Å²) >= 11 is 0. The monoisotopic (exact) mass is 294 g/mol. The zero-order valence-corrected chi connectivity index (χ0v) is 13.2. The molecule has 0 radical (unpaired) electrons. The molecule has 0 aromatic rings. The quantitative estimate of drug-likeness (QED) is 0.296. The minimum atomic E-state index is -1.22. The van der Waals surface area contributed by atoms with Crippen molar-refractivity contribution in [2.75, 3.05) is 0 Å². The molecule has 2 atom stereocenters. The molecule has 0 aliphatic carbocycles. The SMILES string of the molecule is CCCCC(CC)(OO)OOC(CC)(CCCC)OO. The van der Waals surface area contributed by atoms with Gasteiger partial charge in [-0.15, -0.1) is 0 Å². The first kappa shape index (κ1) is 19.8. The second kappa shape index (κ2) is 10.5. The van der Waals surface area contributed by atoms with Crippen molar-refractivity contribution in [3.63, 3.8) is 0 Å². The lowest BCUT2D eigenvalue weighted by Crippen LogP contribution is -2.42. The van der Waals surface area contributed by atoms with Crippen molar-refractivity contribution in [2.45, 2.75) is 90.6 Å². The van der Waals surface area contributed by atoms with Crippen LogP contribution in [0.5, 0.6) is 0 Å². The van der Waals surface area contributed by atoms with Crippen LogP contribution in [-0.4, -0.2) is 22.1 Å². The molecule has 6 heteroatoms. The number of hydrogen-bond acceptors (Lipinski definition) is 6. The fourth-order valence-corrected chi connectivity index (χ4v) is 1.85. The molecule has 0 aliphatic rings. The average Bonchev–Trinajstić information content (AvgIpc) is 2.51. The summed E-state index contributed by atoms with van der Waals surface area (Å²) < 4.78 is 0. The molecule has 0 rings (SSSR count). The maximum Gasteiger partial charge on any atom is 0.233 e. The standard InChI is InChI=1S/C14H30O6/c1-5-9-11-13(7-3,17-15)19-20-14(8-4,18-16)12-10-6-2/h15-16H,5-12H2,1-4H3. The predicted octanol–water partition coefficient (Wildman–Crippen LogP) is 4.51. The fourth-order valence-electron chi connectivity index (χ4n) is 1.85. The molecule has 6 nitrogen and oxygen atoms in total. The van der Waals surface area contributed by atoms with Gasteiger partial charge in [-0.2, -0.15) is 9.78 Å². The molecule has 0 amide bonds. The van der Waals surface area contributed by atoms with Gasteiger partial charge in [0.05, 0.1) is 0 Å². The Morgan fingerprint density at radius 2 is 1.05 bits per heavy atom. The first-order valence-electron chi connectivity index (χ1n) is 7.59. The molecule has 2 unspecified atom stereocenters. The molecule has 122 valence electrons. The van der Waals surface area contributed by atoms with Crippen molar-refractivity contribution in [2.24, 2.45) is 0 Å². The van der Waals surface area contributed by atoms with Gasteiger partial charge in [0.15, 0.2) is 0 Å². The van der Waals surface area contributed by atoms with E-state index in [1.807, 2.05) is 27.7 Å². The van der Waals surface area contributed by atoms with E-state index in [-0.39, 0.29) is 0 Å². The van der Waals surface area contributed by atoms with Gasteiger partial charge in [-0.05, 0) is 12.8 Å². The van der Waals surface area contributed by atoms with Gasteiger partial charge in [-0.1, -0.05) is 40.5 Å². The Kier molecular flexibility index (Phi) is 10.4. The summed E-state index contributed by atoms with van der Waals surface area (Å²) in [5.41, 5.74) is 0. The van der Waals surface area contributed by atoms with E-state index in [1.54, 1.807) is 0 Å². The van der Waals surface area contributed by atoms with Crippen molar-refractivity contribution in [1.82, 2.24) is 0 Å². The average molecular weight is 294 g/mol. The summed E-state index contributed by atoms with van der Waals surface area (Å²) in [6.07, 6.45) is 5.37. The van der Waals surface area contributed by atoms with Crippen molar-refractivity contribution < 1.29 is 30.1 Å². The summed E-state index contributed by atoms with van der Waals surface area (Å²) in [6, 6.07) is 0. The Morgan fingerprint density at radius 3 is 1.25 bits per heavy atom. The fraction of sp³-hybridized carbons (Fsp3) is 1.00. The number of unbranched alkanes of at least 4 members (excludes halogenated alkanes) is 2. The summed E-state index contributed by atoms with van der Waals surface area (Å²) in [7, 11) is 0. The third-order valence-electron chi connectivity index (χ3n) is 3.58. The van der Waals surface area contributed by atoms with Crippen LogP contribution in [0.1, 0.15) is 79.1 Å². The van der Waals surface area contributed by atoms with E-state index in [9.17, 15) is 0 Å². The summed E-state index contributed by atoms with van der Waals surface area (Å²) in [5.74, 6) is -2.44. The van der Waals surface area contributed by atoms with Gasteiger partial charge in [-0.3, -0.25) is 0 Å². The molecule has 0 aromatic carbocycles. The highest BCUT2D eigenvalue weighted by molar-refractivity contribution is 4.68. The Hall–Kier alpha value is -0.240. The minimum Gasteiger partial charge on any atom is -0.249 e. The molecule has 0 aliphatic heterocycles. The van der Waals surface area contributed by atoms with Crippen LogP contribution in [0.2, 0.25) is 0 Å². The first-order valence-corrected chi connectivity index (χ1v) is 7.59. The van der Waals surface area contributed by atoms with E-state index in [4.69, 9.17) is 20.3 Å². The molecule has 0 fully saturated rings. The van der Waals surface area contributed by atoms with Gasteiger partial charge < -0.3 is 0 Å². The lowest BCUT2D eigenvalue weighted by Gasteiger charge is -2.34. The van der Waals surface area contributed by atoms with Crippen LogP contribution in [0.25, 0.3) is 0 Å². The summed E-state index contributed by atoms with van der Waals surface area (Å²) in [6.45, 7) is 7.73. The van der Waals surface area contributed by atoms with Gasteiger partial charge in [0.25, 0.3) is 0 Å². The number of hydrogen-bond donors (Lipinski definition) is 2. The van der Waals surface area contributed by atoms with Crippen LogP contribution >= 0.6 is 0 Å². The molecular weight excluding hydrogens is 264 g/mol. The third-order valence-corrected chi connectivity index (χ3v) is 3.58. The van der Waals surface area contributed by atoms with E-state index < -0.39 is 11.6 Å². The molecule has 20 heavy (non-hydrogen) atoms. The van der Waals surface area contributed by atoms with Crippen LogP contribution in [0.3, 0.4) is 0 Å². The van der Waals surface area contributed by atoms with E-state index >= 15 is 0 Å². The highest BCUT2D eigenvalue weighted by atomic mass is 17.3. The van der Waals surface area contributed by atoms with Crippen LogP contribution in [0.15, 0.2) is 0 Å². The van der Waals surface area contributed by atoms with Crippen LogP contribution < -0.4 is 0 Å². The van der Waals surface area contributed by atoms with Gasteiger partial charge >= 0.3 is 0 Å². The smallest absolute Gasteiger partial charge is 0.233 e. The minimum absolute atomic E-state index is 0.419. The zero-order valence-electron chi connectivity index (χ0n) is 13.2. The van der Waals surface area contributed by atoms with E-state index in [1.165, 1.54) is 0 Å². The van der Waals surface area contributed by atoms with Crippen molar-refractivity contribution >= 4 is 0 Å². The van der Waals surface area contributed by atoms with E-state index in [0.717, 1.165) is 25.7 Å². The largest absolute Gasteiger partial charge is 0.249 e. The lowest BCUT2D eigenvalue weighted by atomic mass is 10.1. The second-order valence-corrected chi connectivity index (χ2v) is 5.08. The van der Waals surface area contributed by atoms with Gasteiger partial charge in [-0.25, -0.2) is 20.3 Å². The second-order valence-electron chi connectivity index (χ2n) is 5.08. The number of rotatable bonds is 13. The predicted molar refractivity (Wildman–Crippen MR) is 74.7 cm³/mol. The molecule has 0 bridgehead atoms. The van der Waals surface area contributed by atoms with Crippen molar-refractivity contribution in [1.29, 1.82) is 0 Å². The van der Waals surface area contributed by atoms with Crippen LogP contribution in [0.4, 0.5) is 0 Å². The Balaban J connectivity index is 4.68. The van der Waals surface area contributed by atoms with Crippen LogP contribution in [-0.2, 0) is 19.6 Å². The summed E-state index contributed by atoms with van der Waals surface area (Å²) in [4.78, 5) is 19.6. The highest BCUT2D eigenvalue weighted by Gasteiger charge is 2.39. The van der Waals surface area contributed by atoms with Crippen molar-refractivity contribution in [3.8, 4) is 0 Å². The highest BCUT2D eigenvalue weighted by Crippen LogP contribution is 2.31. The van der Waals surface area contributed by atoms with Gasteiger partial charge in [0.1, 0.15) is 0 Å². The maximum atomic E-state index is 9.11. The molecule has 2 N–H and O–H groups in total. The van der Waals surface area contributed by atoms with Crippen molar-refractivity contribution in [3.05, 3.63) is 0 Å². The molecule has 0 heterocycles. The van der Waals surface area contributed by atoms with E-state index in [2.05, 4.69) is 9.78 Å². The lowest BCUT2D eigenvalue weighted by molar-refractivity contribution is -0.574. The zero-order chi connectivity index (χ0) is 15.5. The molecule has 0 spiro atoms. The topological polar surface area (TPSA) is 77.4 Å². The van der Waals surface area contributed by atoms with Gasteiger partial charge in [0, 0.05) is 25.7 Å². The normalized spacial score (nSPS) is 17.7. The first-order chi connectivity index (χ1) is 9.57. The third kappa shape index (κ3) is 6.03. The Labute approximate surface area is 121 Å². The Bertz CT molecular complexity index is 202. The molecule has 0 saturated carbocycles. The van der Waals surface area contributed by atoms with E-state index in [0.29, 0.717) is 25.7 Å². The molecule has 0 saturated heterocycles. The Morgan fingerprint density at radius 1 is 0.700 bits per heavy atom.